The molecule has 0 saturated carbocycles. The number of aryl methyl sites for hydroxylation is 2. The summed E-state index contributed by atoms with van der Waals surface area (Å²) in [4.78, 5) is 11.4. The lowest BCUT2D eigenvalue weighted by atomic mass is 10.0. The highest BCUT2D eigenvalue weighted by Crippen LogP contribution is 2.24. The second-order valence-corrected chi connectivity index (χ2v) is 9.06. The maximum atomic E-state index is 11.6. The van der Waals surface area contributed by atoms with Gasteiger partial charge in [0.2, 0.25) is 0 Å². The van der Waals surface area contributed by atoms with Crippen LogP contribution in [0.4, 0.5) is 5.82 Å². The van der Waals surface area contributed by atoms with Gasteiger partial charge in [-0.15, -0.1) is 0 Å². The first-order valence-corrected chi connectivity index (χ1v) is 10.2. The standard InChI is InChI=1S/C16H26N4O2S/c1-11-12(2)17-13(3)18-16(11)20-7-4-14(5-8-20)19-15-6-9-23(21,22)10-15/h14-15,19H,4-10H2,1-3H3. The molecule has 1 aromatic rings. The molecule has 7 heteroatoms. The predicted octanol–water partition coefficient (Wildman–Crippen LogP) is 1.15. The van der Waals surface area contributed by atoms with Crippen molar-refractivity contribution >= 4 is 15.7 Å². The van der Waals surface area contributed by atoms with Gasteiger partial charge in [-0.05, 0) is 40.0 Å². The monoisotopic (exact) mass is 338 g/mol. The second-order valence-electron chi connectivity index (χ2n) is 6.83. The number of nitrogens with zero attached hydrogens (tertiary/aromatic N) is 3. The summed E-state index contributed by atoms with van der Waals surface area (Å²) in [7, 11) is -2.81. The molecule has 1 unspecified atom stereocenters. The summed E-state index contributed by atoms with van der Waals surface area (Å²) in [5.41, 5.74) is 2.20. The molecule has 0 amide bonds. The molecule has 6 nitrogen and oxygen atoms in total. The quantitative estimate of drug-likeness (QED) is 0.891. The molecule has 2 fully saturated rings. The SMILES string of the molecule is Cc1nc(C)c(C)c(N2CCC(NC3CCS(=O)(=O)C3)CC2)n1. The van der Waals surface area contributed by atoms with E-state index in [1.807, 2.05) is 13.8 Å². The highest BCUT2D eigenvalue weighted by Gasteiger charge is 2.30. The molecule has 2 aliphatic rings. The second kappa shape index (κ2) is 6.36. The van der Waals surface area contributed by atoms with Gasteiger partial charge >= 0.3 is 0 Å². The number of nitrogens with one attached hydrogen (secondary N) is 1. The van der Waals surface area contributed by atoms with Crippen LogP contribution in [0.5, 0.6) is 0 Å². The van der Waals surface area contributed by atoms with Crippen molar-refractivity contribution in [3.63, 3.8) is 0 Å². The van der Waals surface area contributed by atoms with Crippen molar-refractivity contribution in [2.24, 2.45) is 0 Å². The largest absolute Gasteiger partial charge is 0.356 e. The van der Waals surface area contributed by atoms with Gasteiger partial charge in [-0.25, -0.2) is 18.4 Å². The van der Waals surface area contributed by atoms with Crippen LogP contribution in [0, 0.1) is 20.8 Å². The predicted molar refractivity (Wildman–Crippen MR) is 91.7 cm³/mol. The molecular weight excluding hydrogens is 312 g/mol. The molecule has 1 aromatic heterocycles. The van der Waals surface area contributed by atoms with Crippen molar-refractivity contribution in [2.75, 3.05) is 29.5 Å². The van der Waals surface area contributed by atoms with Crippen LogP contribution in [-0.4, -0.2) is 55.1 Å². The molecule has 1 atom stereocenters. The molecule has 0 spiro atoms. The van der Waals surface area contributed by atoms with Crippen molar-refractivity contribution in [1.29, 1.82) is 0 Å². The van der Waals surface area contributed by atoms with Crippen LogP contribution in [0.3, 0.4) is 0 Å². The third-order valence-corrected chi connectivity index (χ3v) is 6.74. The third kappa shape index (κ3) is 3.83. The number of hydrogen-bond acceptors (Lipinski definition) is 6. The van der Waals surface area contributed by atoms with E-state index in [9.17, 15) is 8.42 Å². The minimum absolute atomic E-state index is 0.141. The first-order chi connectivity index (χ1) is 10.8. The number of piperidine rings is 1. The lowest BCUT2D eigenvalue weighted by Gasteiger charge is -2.35. The maximum Gasteiger partial charge on any atom is 0.151 e. The van der Waals surface area contributed by atoms with Crippen LogP contribution >= 0.6 is 0 Å². The van der Waals surface area contributed by atoms with Gasteiger partial charge in [0, 0.05) is 36.4 Å². The summed E-state index contributed by atoms with van der Waals surface area (Å²) in [5, 5.41) is 3.54. The van der Waals surface area contributed by atoms with E-state index in [4.69, 9.17) is 0 Å². The van der Waals surface area contributed by atoms with Crippen LogP contribution in [0.15, 0.2) is 0 Å². The molecule has 23 heavy (non-hydrogen) atoms. The molecule has 2 aliphatic heterocycles. The zero-order valence-electron chi connectivity index (χ0n) is 14.2. The Morgan fingerprint density at radius 3 is 2.35 bits per heavy atom. The highest BCUT2D eigenvalue weighted by atomic mass is 32.2. The van der Waals surface area contributed by atoms with Crippen LogP contribution < -0.4 is 10.2 Å². The van der Waals surface area contributed by atoms with Crippen LogP contribution in [0.2, 0.25) is 0 Å². The van der Waals surface area contributed by atoms with Gasteiger partial charge in [-0.1, -0.05) is 0 Å². The number of hydrogen-bond donors (Lipinski definition) is 1. The smallest absolute Gasteiger partial charge is 0.151 e. The molecular formula is C16H26N4O2S. The van der Waals surface area contributed by atoms with Gasteiger partial charge in [-0.3, -0.25) is 0 Å². The van der Waals surface area contributed by atoms with Crippen LogP contribution in [-0.2, 0) is 9.84 Å². The van der Waals surface area contributed by atoms with Gasteiger partial charge < -0.3 is 10.2 Å². The fourth-order valence-corrected chi connectivity index (χ4v) is 5.26. The van der Waals surface area contributed by atoms with Crippen molar-refractivity contribution in [3.05, 3.63) is 17.1 Å². The molecule has 0 aliphatic carbocycles. The third-order valence-electron chi connectivity index (χ3n) is 4.97. The lowest BCUT2D eigenvalue weighted by Crippen LogP contribution is -2.47. The zero-order valence-corrected chi connectivity index (χ0v) is 15.0. The topological polar surface area (TPSA) is 75.2 Å². The summed E-state index contributed by atoms with van der Waals surface area (Å²) < 4.78 is 23.1. The Hall–Kier alpha value is -1.21. The van der Waals surface area contributed by atoms with Gasteiger partial charge in [0.15, 0.2) is 9.84 Å². The van der Waals surface area contributed by atoms with E-state index < -0.39 is 9.84 Å². The lowest BCUT2D eigenvalue weighted by molar-refractivity contribution is 0.377. The molecule has 0 aromatic carbocycles. The van der Waals surface area contributed by atoms with E-state index in [1.54, 1.807) is 0 Å². The summed E-state index contributed by atoms with van der Waals surface area (Å²) in [6, 6.07) is 0.552. The number of aromatic nitrogens is 2. The van der Waals surface area contributed by atoms with Gasteiger partial charge in [-0.2, -0.15) is 0 Å². The molecule has 0 radical (unpaired) electrons. The summed E-state index contributed by atoms with van der Waals surface area (Å²) >= 11 is 0. The first-order valence-electron chi connectivity index (χ1n) is 8.37. The van der Waals surface area contributed by atoms with E-state index in [0.717, 1.165) is 55.3 Å². The van der Waals surface area contributed by atoms with E-state index in [2.05, 4.69) is 27.1 Å². The fraction of sp³-hybridized carbons (Fsp3) is 0.750. The Morgan fingerprint density at radius 2 is 1.74 bits per heavy atom. The Balaban J connectivity index is 1.59. The van der Waals surface area contributed by atoms with Crippen molar-refractivity contribution < 1.29 is 8.42 Å². The molecule has 2 saturated heterocycles. The number of anilines is 1. The fourth-order valence-electron chi connectivity index (χ4n) is 3.58. The van der Waals surface area contributed by atoms with E-state index in [1.165, 1.54) is 0 Å². The Morgan fingerprint density at radius 1 is 1.04 bits per heavy atom. The average molecular weight is 338 g/mol. The Labute approximate surface area is 138 Å². The van der Waals surface area contributed by atoms with Crippen LogP contribution in [0.1, 0.15) is 36.3 Å². The van der Waals surface area contributed by atoms with Crippen LogP contribution in [0.25, 0.3) is 0 Å². The van der Waals surface area contributed by atoms with Gasteiger partial charge in [0.05, 0.1) is 11.5 Å². The minimum Gasteiger partial charge on any atom is -0.356 e. The molecule has 3 rings (SSSR count). The molecule has 128 valence electrons. The van der Waals surface area contributed by atoms with Crippen molar-refractivity contribution in [3.8, 4) is 0 Å². The highest BCUT2D eigenvalue weighted by molar-refractivity contribution is 7.91. The zero-order chi connectivity index (χ0) is 16.6. The van der Waals surface area contributed by atoms with E-state index in [0.29, 0.717) is 17.5 Å². The summed E-state index contributed by atoms with van der Waals surface area (Å²) in [5.74, 6) is 2.51. The van der Waals surface area contributed by atoms with E-state index in [-0.39, 0.29) is 6.04 Å². The number of rotatable bonds is 3. The molecule has 0 bridgehead atoms. The molecule has 1 N–H and O–H groups in total. The summed E-state index contributed by atoms with van der Waals surface area (Å²) in [6.45, 7) is 7.95. The minimum atomic E-state index is -2.81. The maximum absolute atomic E-state index is 11.6. The Bertz CT molecular complexity index is 682. The molecule has 3 heterocycles. The average Bonchev–Trinajstić information content (AvgIpc) is 2.83. The van der Waals surface area contributed by atoms with E-state index >= 15 is 0 Å². The first kappa shape index (κ1) is 16.6. The van der Waals surface area contributed by atoms with Gasteiger partial charge in [0.25, 0.3) is 0 Å². The van der Waals surface area contributed by atoms with Crippen molar-refractivity contribution in [1.82, 2.24) is 15.3 Å². The number of sulfone groups is 1. The van der Waals surface area contributed by atoms with Gasteiger partial charge in [0.1, 0.15) is 11.6 Å². The normalized spacial score (nSPS) is 25.0. The summed E-state index contributed by atoms with van der Waals surface area (Å²) in [6.07, 6.45) is 2.81. The Kier molecular flexibility index (Phi) is 4.60. The van der Waals surface area contributed by atoms with Crippen molar-refractivity contribution in [2.45, 2.75) is 52.1 Å².